The molecule has 112 valence electrons. The molecule has 2 heterocycles. The zero-order valence-corrected chi connectivity index (χ0v) is 12.9. The third-order valence-electron chi connectivity index (χ3n) is 4.01. The van der Waals surface area contributed by atoms with Gasteiger partial charge in [0.2, 0.25) is 5.91 Å². The van der Waals surface area contributed by atoms with Crippen LogP contribution in [0.15, 0.2) is 24.3 Å². The summed E-state index contributed by atoms with van der Waals surface area (Å²) >= 11 is 6.40. The van der Waals surface area contributed by atoms with Crippen molar-refractivity contribution in [3.8, 4) is 0 Å². The van der Waals surface area contributed by atoms with E-state index in [9.17, 15) is 4.79 Å². The van der Waals surface area contributed by atoms with E-state index in [1.54, 1.807) is 0 Å². The summed E-state index contributed by atoms with van der Waals surface area (Å²) in [7, 11) is 0. The van der Waals surface area contributed by atoms with Crippen LogP contribution >= 0.6 is 11.6 Å². The molecule has 0 aliphatic carbocycles. The van der Waals surface area contributed by atoms with E-state index in [0.717, 1.165) is 41.1 Å². The summed E-state index contributed by atoms with van der Waals surface area (Å²) in [5, 5.41) is 5.27. The molecule has 2 aromatic rings. The van der Waals surface area contributed by atoms with Crippen LogP contribution in [0.1, 0.15) is 25.5 Å². The fourth-order valence-electron chi connectivity index (χ4n) is 2.85. The fourth-order valence-corrected chi connectivity index (χ4v) is 3.13. The van der Waals surface area contributed by atoms with Crippen molar-refractivity contribution >= 4 is 28.4 Å². The number of hydrogen-bond acceptors (Lipinski definition) is 2. The molecular formula is C16H20ClN3O. The summed E-state index contributed by atoms with van der Waals surface area (Å²) in [5.74, 6) is 0.271. The van der Waals surface area contributed by atoms with Gasteiger partial charge in [-0.05, 0) is 19.4 Å². The van der Waals surface area contributed by atoms with Gasteiger partial charge in [-0.3, -0.25) is 4.79 Å². The third kappa shape index (κ3) is 3.06. The Kier molecular flexibility index (Phi) is 4.17. The first-order chi connectivity index (χ1) is 10.1. The lowest BCUT2D eigenvalue weighted by Crippen LogP contribution is -2.39. The molecule has 1 aliphatic heterocycles. The Hall–Kier alpha value is -1.52. The van der Waals surface area contributed by atoms with Crippen LogP contribution in [0.2, 0.25) is 5.02 Å². The van der Waals surface area contributed by atoms with Crippen LogP contribution in [-0.2, 0) is 11.3 Å². The molecule has 4 nitrogen and oxygen atoms in total. The van der Waals surface area contributed by atoms with Crippen LogP contribution in [0.4, 0.5) is 0 Å². The summed E-state index contributed by atoms with van der Waals surface area (Å²) in [5.41, 5.74) is 2.05. The van der Waals surface area contributed by atoms with Crippen molar-refractivity contribution in [1.82, 2.24) is 15.2 Å². The van der Waals surface area contributed by atoms with E-state index in [0.29, 0.717) is 13.0 Å². The zero-order chi connectivity index (χ0) is 14.8. The Balaban J connectivity index is 1.61. The highest BCUT2D eigenvalue weighted by Crippen LogP contribution is 2.27. The Labute approximate surface area is 129 Å². The molecule has 1 fully saturated rings. The Morgan fingerprint density at radius 3 is 2.95 bits per heavy atom. The number of carbonyl (C=O) groups is 1. The molecule has 5 heteroatoms. The minimum absolute atomic E-state index is 0.245. The molecule has 1 amide bonds. The van der Waals surface area contributed by atoms with Gasteiger partial charge < -0.3 is 15.2 Å². The standard InChI is InChI=1S/C16H20ClN3O/c1-11(10-20-8-4-7-15(20)21)18-9-14-16(17)12-5-2-3-6-13(12)19-14/h2-3,5-6,11,18-19H,4,7-10H2,1H3. The maximum atomic E-state index is 11.6. The number of nitrogens with one attached hydrogen (secondary N) is 2. The fraction of sp³-hybridized carbons (Fsp3) is 0.438. The van der Waals surface area contributed by atoms with Crippen LogP contribution in [0, 0.1) is 0 Å². The number of para-hydroxylation sites is 1. The van der Waals surface area contributed by atoms with Crippen LogP contribution in [0.5, 0.6) is 0 Å². The SMILES string of the molecule is CC(CN1CCCC1=O)NCc1[nH]c2ccccc2c1Cl. The van der Waals surface area contributed by atoms with Crippen molar-refractivity contribution in [3.05, 3.63) is 35.0 Å². The predicted octanol–water partition coefficient (Wildman–Crippen LogP) is 2.92. The van der Waals surface area contributed by atoms with E-state index < -0.39 is 0 Å². The van der Waals surface area contributed by atoms with E-state index in [1.165, 1.54) is 0 Å². The van der Waals surface area contributed by atoms with Gasteiger partial charge in [-0.25, -0.2) is 0 Å². The van der Waals surface area contributed by atoms with E-state index in [4.69, 9.17) is 11.6 Å². The molecule has 1 unspecified atom stereocenters. The lowest BCUT2D eigenvalue weighted by Gasteiger charge is -2.21. The number of nitrogens with zero attached hydrogens (tertiary/aromatic N) is 1. The summed E-state index contributed by atoms with van der Waals surface area (Å²) in [4.78, 5) is 16.9. The van der Waals surface area contributed by atoms with Crippen molar-refractivity contribution in [3.63, 3.8) is 0 Å². The lowest BCUT2D eigenvalue weighted by molar-refractivity contribution is -0.127. The summed E-state index contributed by atoms with van der Waals surface area (Å²) < 4.78 is 0. The molecule has 0 bridgehead atoms. The van der Waals surface area contributed by atoms with E-state index in [2.05, 4.69) is 17.2 Å². The van der Waals surface area contributed by atoms with Crippen LogP contribution in [0.3, 0.4) is 0 Å². The molecule has 3 rings (SSSR count). The number of amides is 1. The molecule has 1 atom stereocenters. The normalized spacial score (nSPS) is 16.9. The maximum Gasteiger partial charge on any atom is 0.222 e. The quantitative estimate of drug-likeness (QED) is 0.892. The van der Waals surface area contributed by atoms with E-state index >= 15 is 0 Å². The summed E-state index contributed by atoms with van der Waals surface area (Å²) in [6, 6.07) is 8.27. The van der Waals surface area contributed by atoms with Crippen molar-refractivity contribution in [1.29, 1.82) is 0 Å². The van der Waals surface area contributed by atoms with Crippen molar-refractivity contribution in [2.75, 3.05) is 13.1 Å². The summed E-state index contributed by atoms with van der Waals surface area (Å²) in [6.07, 6.45) is 1.68. The first-order valence-electron chi connectivity index (χ1n) is 7.41. The third-order valence-corrected chi connectivity index (χ3v) is 4.44. The second-order valence-corrected chi connectivity index (χ2v) is 6.07. The molecule has 1 aromatic heterocycles. The number of fused-ring (bicyclic) bond motifs is 1. The van der Waals surface area contributed by atoms with Crippen molar-refractivity contribution in [2.24, 2.45) is 0 Å². The first kappa shape index (κ1) is 14.4. The molecule has 0 saturated carbocycles. The number of aromatic nitrogens is 1. The largest absolute Gasteiger partial charge is 0.356 e. The van der Waals surface area contributed by atoms with Crippen LogP contribution in [-0.4, -0.2) is 34.9 Å². The van der Waals surface area contributed by atoms with Gasteiger partial charge in [-0.2, -0.15) is 0 Å². The van der Waals surface area contributed by atoms with Gasteiger partial charge in [0.1, 0.15) is 0 Å². The van der Waals surface area contributed by atoms with Gasteiger partial charge >= 0.3 is 0 Å². The molecular weight excluding hydrogens is 286 g/mol. The lowest BCUT2D eigenvalue weighted by atomic mass is 10.2. The number of hydrogen-bond donors (Lipinski definition) is 2. The number of rotatable bonds is 5. The topological polar surface area (TPSA) is 48.1 Å². The average molecular weight is 306 g/mol. The number of carbonyl (C=O) groups excluding carboxylic acids is 1. The molecule has 0 radical (unpaired) electrons. The molecule has 2 N–H and O–H groups in total. The number of halogens is 1. The maximum absolute atomic E-state index is 11.6. The van der Waals surface area contributed by atoms with Crippen molar-refractivity contribution in [2.45, 2.75) is 32.4 Å². The number of H-pyrrole nitrogens is 1. The average Bonchev–Trinajstić information content (AvgIpc) is 3.02. The van der Waals surface area contributed by atoms with Crippen LogP contribution < -0.4 is 5.32 Å². The second-order valence-electron chi connectivity index (χ2n) is 5.69. The number of benzene rings is 1. The zero-order valence-electron chi connectivity index (χ0n) is 12.2. The second kappa shape index (κ2) is 6.08. The van der Waals surface area contributed by atoms with Crippen LogP contribution in [0.25, 0.3) is 10.9 Å². The Morgan fingerprint density at radius 2 is 2.24 bits per heavy atom. The van der Waals surface area contributed by atoms with Gasteiger partial charge in [-0.15, -0.1) is 0 Å². The van der Waals surface area contributed by atoms with E-state index in [-0.39, 0.29) is 11.9 Å². The Bertz CT molecular complexity index is 652. The van der Waals surface area contributed by atoms with Gasteiger partial charge in [-0.1, -0.05) is 29.8 Å². The monoisotopic (exact) mass is 305 g/mol. The molecule has 21 heavy (non-hydrogen) atoms. The number of likely N-dealkylation sites (tertiary alicyclic amines) is 1. The van der Waals surface area contributed by atoms with Crippen molar-refractivity contribution < 1.29 is 4.79 Å². The Morgan fingerprint density at radius 1 is 1.43 bits per heavy atom. The van der Waals surface area contributed by atoms with E-state index in [1.807, 2.05) is 29.2 Å². The van der Waals surface area contributed by atoms with Gasteiger partial charge in [0.15, 0.2) is 0 Å². The minimum atomic E-state index is 0.245. The molecule has 1 saturated heterocycles. The highest BCUT2D eigenvalue weighted by molar-refractivity contribution is 6.36. The summed E-state index contributed by atoms with van der Waals surface area (Å²) in [6.45, 7) is 4.42. The predicted molar refractivity (Wildman–Crippen MR) is 85.4 cm³/mol. The minimum Gasteiger partial charge on any atom is -0.356 e. The highest BCUT2D eigenvalue weighted by atomic mass is 35.5. The van der Waals surface area contributed by atoms with Gasteiger partial charge in [0.25, 0.3) is 0 Å². The first-order valence-corrected chi connectivity index (χ1v) is 7.79. The molecule has 0 spiro atoms. The smallest absolute Gasteiger partial charge is 0.222 e. The van der Waals surface area contributed by atoms with Gasteiger partial charge in [0, 0.05) is 48.7 Å². The molecule has 1 aromatic carbocycles. The highest BCUT2D eigenvalue weighted by Gasteiger charge is 2.21. The molecule has 1 aliphatic rings. The van der Waals surface area contributed by atoms with Gasteiger partial charge in [0.05, 0.1) is 5.02 Å². The number of aromatic amines is 1.